The van der Waals surface area contributed by atoms with Gasteiger partial charge in [0, 0.05) is 17.1 Å². The highest BCUT2D eigenvalue weighted by atomic mass is 16.3. The monoisotopic (exact) mass is 291 g/mol. The normalized spacial score (nSPS) is 21.1. The number of aromatic hydroxyl groups is 1. The number of urea groups is 1. The molecule has 2 rings (SSSR count). The van der Waals surface area contributed by atoms with Crippen molar-refractivity contribution in [3.8, 4) is 5.75 Å². The van der Waals surface area contributed by atoms with E-state index in [1.54, 1.807) is 24.3 Å². The third kappa shape index (κ3) is 3.13. The Hall–Kier alpha value is -1.75. The van der Waals surface area contributed by atoms with Gasteiger partial charge in [0.2, 0.25) is 0 Å². The SMILES string of the molecule is CC1(C)CC(N)CC(C)(C)N1C(=O)Nc1ccccc1O. The summed E-state index contributed by atoms with van der Waals surface area (Å²) in [5.74, 6) is 0.0650. The molecule has 21 heavy (non-hydrogen) atoms. The van der Waals surface area contributed by atoms with E-state index in [1.165, 1.54) is 0 Å². The van der Waals surface area contributed by atoms with Crippen LogP contribution in [0, 0.1) is 0 Å². The number of nitrogens with two attached hydrogens (primary N) is 1. The number of amides is 2. The number of likely N-dealkylation sites (tertiary alicyclic amines) is 1. The first kappa shape index (κ1) is 15.6. The molecule has 5 heteroatoms. The van der Waals surface area contributed by atoms with Crippen LogP contribution in [0.2, 0.25) is 0 Å². The highest BCUT2D eigenvalue weighted by Gasteiger charge is 2.47. The topological polar surface area (TPSA) is 78.6 Å². The number of hydrogen-bond acceptors (Lipinski definition) is 3. The molecule has 5 nitrogen and oxygen atoms in total. The molecule has 116 valence electrons. The summed E-state index contributed by atoms with van der Waals surface area (Å²) in [6, 6.07) is 6.61. The Morgan fingerprint density at radius 2 is 1.76 bits per heavy atom. The van der Waals surface area contributed by atoms with Crippen molar-refractivity contribution in [2.75, 3.05) is 5.32 Å². The molecule has 1 aliphatic rings. The lowest BCUT2D eigenvalue weighted by atomic mass is 9.77. The average Bonchev–Trinajstić information content (AvgIpc) is 2.27. The molecular weight excluding hydrogens is 266 g/mol. The third-order valence-corrected chi connectivity index (χ3v) is 4.08. The number of nitrogens with zero attached hydrogens (tertiary/aromatic N) is 1. The largest absolute Gasteiger partial charge is 0.506 e. The lowest BCUT2D eigenvalue weighted by molar-refractivity contribution is 0.00874. The Labute approximate surface area is 126 Å². The Morgan fingerprint density at radius 3 is 2.29 bits per heavy atom. The van der Waals surface area contributed by atoms with Gasteiger partial charge in [-0.05, 0) is 52.7 Å². The van der Waals surface area contributed by atoms with Crippen molar-refractivity contribution in [1.82, 2.24) is 4.90 Å². The molecule has 0 saturated carbocycles. The molecule has 2 amide bonds. The van der Waals surface area contributed by atoms with Crippen LogP contribution < -0.4 is 11.1 Å². The molecule has 1 saturated heterocycles. The van der Waals surface area contributed by atoms with E-state index in [4.69, 9.17) is 5.73 Å². The number of phenols is 1. The molecule has 1 fully saturated rings. The highest BCUT2D eigenvalue weighted by Crippen LogP contribution is 2.38. The van der Waals surface area contributed by atoms with E-state index >= 15 is 0 Å². The summed E-state index contributed by atoms with van der Waals surface area (Å²) in [6.07, 6.45) is 1.51. The maximum Gasteiger partial charge on any atom is 0.322 e. The van der Waals surface area contributed by atoms with Gasteiger partial charge < -0.3 is 21.1 Å². The number of benzene rings is 1. The van der Waals surface area contributed by atoms with Crippen molar-refractivity contribution in [3.63, 3.8) is 0 Å². The highest BCUT2D eigenvalue weighted by molar-refractivity contribution is 5.92. The van der Waals surface area contributed by atoms with E-state index in [0.717, 1.165) is 12.8 Å². The van der Waals surface area contributed by atoms with Gasteiger partial charge in [-0.15, -0.1) is 0 Å². The standard InChI is InChI=1S/C16H25N3O2/c1-15(2)9-11(17)10-16(3,4)19(15)14(21)18-12-7-5-6-8-13(12)20/h5-8,11,20H,9-10,17H2,1-4H3,(H,18,21). The summed E-state index contributed by atoms with van der Waals surface area (Å²) in [5.41, 5.74) is 5.87. The van der Waals surface area contributed by atoms with Crippen LogP contribution in [0.3, 0.4) is 0 Å². The van der Waals surface area contributed by atoms with Crippen LogP contribution in [-0.2, 0) is 0 Å². The van der Waals surface area contributed by atoms with Gasteiger partial charge in [0.15, 0.2) is 0 Å². The van der Waals surface area contributed by atoms with E-state index in [2.05, 4.69) is 5.32 Å². The van der Waals surface area contributed by atoms with Crippen LogP contribution in [0.1, 0.15) is 40.5 Å². The summed E-state index contributed by atoms with van der Waals surface area (Å²) in [7, 11) is 0. The van der Waals surface area contributed by atoms with Crippen LogP contribution in [0.25, 0.3) is 0 Å². The van der Waals surface area contributed by atoms with E-state index in [1.807, 2.05) is 32.6 Å². The van der Waals surface area contributed by atoms with Gasteiger partial charge in [-0.3, -0.25) is 0 Å². The zero-order valence-electron chi connectivity index (χ0n) is 13.2. The number of rotatable bonds is 1. The second-order valence-electron chi connectivity index (χ2n) is 7.08. The second kappa shape index (κ2) is 5.22. The van der Waals surface area contributed by atoms with Crippen LogP contribution in [-0.4, -0.2) is 33.2 Å². The first-order chi connectivity index (χ1) is 9.63. The summed E-state index contributed by atoms with van der Waals surface area (Å²) < 4.78 is 0. The van der Waals surface area contributed by atoms with Gasteiger partial charge in [-0.2, -0.15) is 0 Å². The number of nitrogens with one attached hydrogen (secondary N) is 1. The number of phenolic OH excluding ortho intramolecular Hbond substituents is 1. The van der Waals surface area contributed by atoms with Crippen LogP contribution >= 0.6 is 0 Å². The molecule has 0 radical (unpaired) electrons. The van der Waals surface area contributed by atoms with Gasteiger partial charge >= 0.3 is 6.03 Å². The van der Waals surface area contributed by atoms with Crippen molar-refractivity contribution in [3.05, 3.63) is 24.3 Å². The number of carbonyl (C=O) groups is 1. The zero-order chi connectivity index (χ0) is 15.8. The van der Waals surface area contributed by atoms with Crippen molar-refractivity contribution in [2.24, 2.45) is 5.73 Å². The van der Waals surface area contributed by atoms with Crippen molar-refractivity contribution < 1.29 is 9.90 Å². The molecule has 1 aromatic carbocycles. The number of carbonyl (C=O) groups excluding carboxylic acids is 1. The molecule has 1 aromatic rings. The van der Waals surface area contributed by atoms with E-state index in [0.29, 0.717) is 5.69 Å². The van der Waals surface area contributed by atoms with Gasteiger partial charge in [0.1, 0.15) is 5.75 Å². The van der Waals surface area contributed by atoms with Crippen molar-refractivity contribution in [1.29, 1.82) is 0 Å². The molecule has 0 aliphatic carbocycles. The summed E-state index contributed by atoms with van der Waals surface area (Å²) in [6.45, 7) is 8.10. The fraction of sp³-hybridized carbons (Fsp3) is 0.562. The van der Waals surface area contributed by atoms with Gasteiger partial charge in [-0.1, -0.05) is 12.1 Å². The number of anilines is 1. The van der Waals surface area contributed by atoms with Gasteiger partial charge in [0.05, 0.1) is 5.69 Å². The smallest absolute Gasteiger partial charge is 0.322 e. The van der Waals surface area contributed by atoms with E-state index in [9.17, 15) is 9.90 Å². The Kier molecular flexibility index (Phi) is 3.89. The van der Waals surface area contributed by atoms with Gasteiger partial charge in [0.25, 0.3) is 0 Å². The van der Waals surface area contributed by atoms with Crippen LogP contribution in [0.15, 0.2) is 24.3 Å². The van der Waals surface area contributed by atoms with Crippen LogP contribution in [0.4, 0.5) is 10.5 Å². The minimum atomic E-state index is -0.338. The summed E-state index contributed by atoms with van der Waals surface area (Å²) in [4.78, 5) is 14.6. The van der Waals surface area contributed by atoms with E-state index < -0.39 is 0 Å². The molecule has 1 heterocycles. The number of hydrogen-bond donors (Lipinski definition) is 3. The second-order valence-corrected chi connectivity index (χ2v) is 7.08. The number of para-hydroxylation sites is 2. The van der Waals surface area contributed by atoms with Gasteiger partial charge in [-0.25, -0.2) is 4.79 Å². The Bertz CT molecular complexity index is 522. The molecule has 0 bridgehead atoms. The summed E-state index contributed by atoms with van der Waals surface area (Å²) >= 11 is 0. The lowest BCUT2D eigenvalue weighted by Gasteiger charge is -2.54. The predicted octanol–water partition coefficient (Wildman–Crippen LogP) is 2.90. The quantitative estimate of drug-likeness (QED) is 0.696. The van der Waals surface area contributed by atoms with Crippen LogP contribution in [0.5, 0.6) is 5.75 Å². The predicted molar refractivity (Wildman–Crippen MR) is 84.3 cm³/mol. The van der Waals surface area contributed by atoms with Crippen molar-refractivity contribution in [2.45, 2.75) is 57.7 Å². The zero-order valence-corrected chi connectivity index (χ0v) is 13.2. The maximum absolute atomic E-state index is 12.7. The first-order valence-corrected chi connectivity index (χ1v) is 7.28. The minimum absolute atomic E-state index is 0.0650. The molecule has 0 unspecified atom stereocenters. The number of piperidine rings is 1. The fourth-order valence-electron chi connectivity index (χ4n) is 3.66. The maximum atomic E-state index is 12.7. The minimum Gasteiger partial charge on any atom is -0.506 e. The Balaban J connectivity index is 2.26. The molecule has 1 aliphatic heterocycles. The first-order valence-electron chi connectivity index (χ1n) is 7.28. The average molecular weight is 291 g/mol. The summed E-state index contributed by atoms with van der Waals surface area (Å²) in [5, 5.41) is 12.6. The molecule has 0 spiro atoms. The fourth-order valence-corrected chi connectivity index (χ4v) is 3.66. The molecule has 4 N–H and O–H groups in total. The lowest BCUT2D eigenvalue weighted by Crippen LogP contribution is -2.66. The molecule has 0 aromatic heterocycles. The molecule has 0 atom stereocenters. The molecular formula is C16H25N3O2. The Morgan fingerprint density at radius 1 is 1.24 bits per heavy atom. The third-order valence-electron chi connectivity index (χ3n) is 4.08. The van der Waals surface area contributed by atoms with E-state index in [-0.39, 0.29) is 28.9 Å². The van der Waals surface area contributed by atoms with Crippen molar-refractivity contribution >= 4 is 11.7 Å².